The van der Waals surface area contributed by atoms with Gasteiger partial charge in [-0.2, -0.15) is 0 Å². The van der Waals surface area contributed by atoms with Gasteiger partial charge in [0.25, 0.3) is 0 Å². The standard InChI is InChI=1S/C14H21N3O4S/c1-10-13(15-7-8-21-10)14(18)17-12-5-3-11(4-6-12)9-16-22(2,19)20/h3-6,10,13,15-16H,7-9H2,1-2H3,(H,17,18)/t10-,13+/m1/s1. The van der Waals surface area contributed by atoms with Gasteiger partial charge in [0.1, 0.15) is 6.04 Å². The molecule has 1 aliphatic heterocycles. The van der Waals surface area contributed by atoms with Crippen molar-refractivity contribution in [3.63, 3.8) is 0 Å². The molecule has 7 nitrogen and oxygen atoms in total. The highest BCUT2D eigenvalue weighted by molar-refractivity contribution is 7.88. The van der Waals surface area contributed by atoms with E-state index in [0.29, 0.717) is 18.8 Å². The van der Waals surface area contributed by atoms with E-state index in [9.17, 15) is 13.2 Å². The maximum absolute atomic E-state index is 12.2. The molecular formula is C14H21N3O4S. The number of hydrogen-bond donors (Lipinski definition) is 3. The van der Waals surface area contributed by atoms with Crippen LogP contribution in [0, 0.1) is 0 Å². The lowest BCUT2D eigenvalue weighted by molar-refractivity contribution is -0.123. The summed E-state index contributed by atoms with van der Waals surface area (Å²) < 4.78 is 29.9. The fourth-order valence-electron chi connectivity index (χ4n) is 2.17. The molecule has 22 heavy (non-hydrogen) atoms. The molecule has 1 aromatic carbocycles. The largest absolute Gasteiger partial charge is 0.375 e. The first-order valence-electron chi connectivity index (χ1n) is 7.04. The zero-order valence-corrected chi connectivity index (χ0v) is 13.4. The molecular weight excluding hydrogens is 306 g/mol. The number of amides is 1. The van der Waals surface area contributed by atoms with E-state index >= 15 is 0 Å². The van der Waals surface area contributed by atoms with Gasteiger partial charge in [-0.1, -0.05) is 12.1 Å². The Kier molecular flexibility index (Phi) is 5.52. The SMILES string of the molecule is C[C@H]1OCCN[C@@H]1C(=O)Nc1ccc(CNS(C)(=O)=O)cc1. The summed E-state index contributed by atoms with van der Waals surface area (Å²) in [7, 11) is -3.21. The summed E-state index contributed by atoms with van der Waals surface area (Å²) in [5.41, 5.74) is 1.48. The molecule has 2 atom stereocenters. The van der Waals surface area contributed by atoms with Gasteiger partial charge >= 0.3 is 0 Å². The number of ether oxygens (including phenoxy) is 1. The van der Waals surface area contributed by atoms with Crippen molar-refractivity contribution in [2.75, 3.05) is 24.7 Å². The lowest BCUT2D eigenvalue weighted by Crippen LogP contribution is -2.53. The number of nitrogens with one attached hydrogen (secondary N) is 3. The van der Waals surface area contributed by atoms with Crippen LogP contribution in [0.25, 0.3) is 0 Å². The van der Waals surface area contributed by atoms with Crippen LogP contribution in [0.4, 0.5) is 5.69 Å². The molecule has 1 fully saturated rings. The third-order valence-electron chi connectivity index (χ3n) is 3.36. The highest BCUT2D eigenvalue weighted by Crippen LogP contribution is 2.12. The molecule has 1 aliphatic rings. The van der Waals surface area contributed by atoms with Crippen LogP contribution in [0.5, 0.6) is 0 Å². The zero-order valence-electron chi connectivity index (χ0n) is 12.6. The second kappa shape index (κ2) is 7.19. The van der Waals surface area contributed by atoms with Crippen LogP contribution in [-0.4, -0.2) is 45.9 Å². The minimum atomic E-state index is -3.21. The average Bonchev–Trinajstić information content (AvgIpc) is 2.46. The highest BCUT2D eigenvalue weighted by atomic mass is 32.2. The monoisotopic (exact) mass is 327 g/mol. The lowest BCUT2D eigenvalue weighted by atomic mass is 10.1. The molecule has 122 valence electrons. The van der Waals surface area contributed by atoms with Crippen molar-refractivity contribution in [2.24, 2.45) is 0 Å². The van der Waals surface area contributed by atoms with Crippen molar-refractivity contribution < 1.29 is 17.9 Å². The van der Waals surface area contributed by atoms with E-state index in [1.54, 1.807) is 24.3 Å². The number of anilines is 1. The van der Waals surface area contributed by atoms with Crippen LogP contribution in [-0.2, 0) is 26.1 Å². The van der Waals surface area contributed by atoms with Crippen LogP contribution in [0.15, 0.2) is 24.3 Å². The Balaban J connectivity index is 1.91. The van der Waals surface area contributed by atoms with Crippen molar-refractivity contribution in [3.8, 4) is 0 Å². The first-order valence-corrected chi connectivity index (χ1v) is 8.94. The zero-order chi connectivity index (χ0) is 16.2. The fourth-order valence-corrected chi connectivity index (χ4v) is 2.60. The third kappa shape index (κ3) is 5.06. The van der Waals surface area contributed by atoms with Crippen LogP contribution in [0.3, 0.4) is 0 Å². The highest BCUT2D eigenvalue weighted by Gasteiger charge is 2.28. The molecule has 2 rings (SSSR count). The summed E-state index contributed by atoms with van der Waals surface area (Å²) in [6.07, 6.45) is 0.939. The smallest absolute Gasteiger partial charge is 0.244 e. The predicted molar refractivity (Wildman–Crippen MR) is 84.0 cm³/mol. The first kappa shape index (κ1) is 16.9. The van der Waals surface area contributed by atoms with Crippen LogP contribution in [0.1, 0.15) is 12.5 Å². The molecule has 0 unspecified atom stereocenters. The maximum atomic E-state index is 12.2. The molecule has 0 saturated carbocycles. The van der Waals surface area contributed by atoms with Crippen molar-refractivity contribution in [3.05, 3.63) is 29.8 Å². The summed E-state index contributed by atoms with van der Waals surface area (Å²) in [6, 6.07) is 6.64. The van der Waals surface area contributed by atoms with E-state index in [1.807, 2.05) is 6.92 Å². The number of sulfonamides is 1. The van der Waals surface area contributed by atoms with Gasteiger partial charge in [0.2, 0.25) is 15.9 Å². The minimum Gasteiger partial charge on any atom is -0.375 e. The second-order valence-corrected chi connectivity index (χ2v) is 7.12. The van der Waals surface area contributed by atoms with Crippen LogP contribution in [0.2, 0.25) is 0 Å². The third-order valence-corrected chi connectivity index (χ3v) is 4.03. The quantitative estimate of drug-likeness (QED) is 0.710. The molecule has 0 aromatic heterocycles. The summed E-state index contributed by atoms with van der Waals surface area (Å²) in [5, 5.41) is 5.94. The van der Waals surface area contributed by atoms with Crippen LogP contribution >= 0.6 is 0 Å². The van der Waals surface area contributed by atoms with E-state index in [0.717, 1.165) is 11.8 Å². The number of hydrogen-bond acceptors (Lipinski definition) is 5. The van der Waals surface area contributed by atoms with Gasteiger partial charge in [-0.25, -0.2) is 13.1 Å². The first-order chi connectivity index (χ1) is 10.3. The topological polar surface area (TPSA) is 96.5 Å². The molecule has 1 amide bonds. The van der Waals surface area contributed by atoms with E-state index in [-0.39, 0.29) is 24.6 Å². The molecule has 0 aliphatic carbocycles. The van der Waals surface area contributed by atoms with Crippen molar-refractivity contribution >= 4 is 21.6 Å². The Labute approximate surface area is 130 Å². The van der Waals surface area contributed by atoms with Gasteiger partial charge in [0.05, 0.1) is 19.0 Å². The Morgan fingerprint density at radius 1 is 1.36 bits per heavy atom. The average molecular weight is 327 g/mol. The van der Waals surface area contributed by atoms with Gasteiger partial charge in [0, 0.05) is 18.8 Å². The molecule has 1 aromatic rings. The molecule has 8 heteroatoms. The number of benzene rings is 1. The van der Waals surface area contributed by atoms with Gasteiger partial charge in [-0.15, -0.1) is 0 Å². The molecule has 3 N–H and O–H groups in total. The minimum absolute atomic E-state index is 0.144. The Bertz CT molecular complexity index is 615. The molecule has 0 spiro atoms. The molecule has 0 bridgehead atoms. The van der Waals surface area contributed by atoms with Crippen molar-refractivity contribution in [1.82, 2.24) is 10.0 Å². The lowest BCUT2D eigenvalue weighted by Gasteiger charge is -2.29. The number of carbonyl (C=O) groups is 1. The van der Waals surface area contributed by atoms with E-state index in [4.69, 9.17) is 4.74 Å². The summed E-state index contributed by atoms with van der Waals surface area (Å²) in [5.74, 6) is -0.144. The number of carbonyl (C=O) groups excluding carboxylic acids is 1. The summed E-state index contributed by atoms with van der Waals surface area (Å²) >= 11 is 0. The molecule has 1 saturated heterocycles. The van der Waals surface area contributed by atoms with Crippen molar-refractivity contribution in [1.29, 1.82) is 0 Å². The molecule has 1 heterocycles. The van der Waals surface area contributed by atoms with Gasteiger partial charge in [-0.3, -0.25) is 4.79 Å². The van der Waals surface area contributed by atoms with Crippen LogP contribution < -0.4 is 15.4 Å². The molecule has 0 radical (unpaired) electrons. The summed E-state index contributed by atoms with van der Waals surface area (Å²) in [6.45, 7) is 3.34. The van der Waals surface area contributed by atoms with Gasteiger partial charge in [0.15, 0.2) is 0 Å². The second-order valence-electron chi connectivity index (χ2n) is 5.29. The van der Waals surface area contributed by atoms with E-state index in [2.05, 4.69) is 15.4 Å². The summed E-state index contributed by atoms with van der Waals surface area (Å²) in [4.78, 5) is 12.2. The Morgan fingerprint density at radius 3 is 2.64 bits per heavy atom. The van der Waals surface area contributed by atoms with Crippen molar-refractivity contribution in [2.45, 2.75) is 25.6 Å². The van der Waals surface area contributed by atoms with Gasteiger partial charge < -0.3 is 15.4 Å². The van der Waals surface area contributed by atoms with E-state index in [1.165, 1.54) is 0 Å². The predicted octanol–water partition coefficient (Wildman–Crippen LogP) is 0.0512. The number of morpholine rings is 1. The fraction of sp³-hybridized carbons (Fsp3) is 0.500. The Hall–Kier alpha value is -1.48. The van der Waals surface area contributed by atoms with Gasteiger partial charge in [-0.05, 0) is 24.6 Å². The van der Waals surface area contributed by atoms with E-state index < -0.39 is 10.0 Å². The maximum Gasteiger partial charge on any atom is 0.244 e. The number of rotatable bonds is 5. The Morgan fingerprint density at radius 2 is 2.05 bits per heavy atom. The normalized spacial score (nSPS) is 22.3.